The molecule has 0 bridgehead atoms. The van der Waals surface area contributed by atoms with Crippen molar-refractivity contribution in [3.8, 4) is 0 Å². The number of carbonyl (C=O) groups is 1. The number of halogens is 2. The van der Waals surface area contributed by atoms with Gasteiger partial charge in [0.05, 0.1) is 6.54 Å². The van der Waals surface area contributed by atoms with Crippen molar-refractivity contribution in [2.45, 2.75) is 25.1 Å². The maximum Gasteiger partial charge on any atom is 0.294 e. The predicted molar refractivity (Wildman–Crippen MR) is 128 cm³/mol. The molecule has 1 atom stereocenters. The fourth-order valence-electron chi connectivity index (χ4n) is 4.12. The molecular formula is C23H20BrClN4O4. The molecular weight excluding hydrogens is 512 g/mol. The second-order valence-corrected chi connectivity index (χ2v) is 9.47. The third-order valence-corrected chi connectivity index (χ3v) is 6.67. The Balaban J connectivity index is 1.56. The average Bonchev–Trinajstić information content (AvgIpc) is 3.39. The van der Waals surface area contributed by atoms with Gasteiger partial charge in [-0.3, -0.25) is 9.59 Å². The zero-order valence-electron chi connectivity index (χ0n) is 17.4. The van der Waals surface area contributed by atoms with Crippen molar-refractivity contribution in [2.24, 2.45) is 0 Å². The van der Waals surface area contributed by atoms with Gasteiger partial charge in [-0.05, 0) is 42.8 Å². The van der Waals surface area contributed by atoms with E-state index in [4.69, 9.17) is 16.0 Å². The van der Waals surface area contributed by atoms with Gasteiger partial charge in [0, 0.05) is 28.0 Å². The van der Waals surface area contributed by atoms with Crippen molar-refractivity contribution in [2.75, 3.05) is 13.1 Å². The summed E-state index contributed by atoms with van der Waals surface area (Å²) in [6.45, 7) is 0.839. The summed E-state index contributed by atoms with van der Waals surface area (Å²) in [5.74, 6) is -0.167. The van der Waals surface area contributed by atoms with Crippen molar-refractivity contribution in [3.63, 3.8) is 0 Å². The zero-order valence-corrected chi connectivity index (χ0v) is 19.7. The van der Waals surface area contributed by atoms with E-state index in [1.54, 1.807) is 12.1 Å². The molecule has 2 aromatic heterocycles. The van der Waals surface area contributed by atoms with E-state index < -0.39 is 17.1 Å². The van der Waals surface area contributed by atoms with Crippen LogP contribution in [0.25, 0.3) is 22.1 Å². The molecule has 1 unspecified atom stereocenters. The van der Waals surface area contributed by atoms with Crippen LogP contribution in [0.4, 0.5) is 0 Å². The van der Waals surface area contributed by atoms with Crippen molar-refractivity contribution < 1.29 is 14.3 Å². The van der Waals surface area contributed by atoms with Gasteiger partial charge < -0.3 is 24.7 Å². The molecule has 1 fully saturated rings. The highest BCUT2D eigenvalue weighted by molar-refractivity contribution is 9.10. The molecule has 1 aliphatic rings. The van der Waals surface area contributed by atoms with Crippen LogP contribution in [0.15, 0.2) is 56.1 Å². The maximum absolute atomic E-state index is 13.4. The number of benzene rings is 2. The number of hydrogen-bond acceptors (Lipinski definition) is 6. The summed E-state index contributed by atoms with van der Waals surface area (Å²) < 4.78 is 6.51. The lowest BCUT2D eigenvalue weighted by Crippen LogP contribution is -2.50. The number of fused-ring (bicyclic) bond motifs is 3. The fraction of sp³-hybridized carbons (Fsp3) is 0.261. The van der Waals surface area contributed by atoms with Gasteiger partial charge >= 0.3 is 0 Å². The number of nitrogens with zero attached hydrogens (tertiary/aromatic N) is 2. The number of aromatic amines is 1. The summed E-state index contributed by atoms with van der Waals surface area (Å²) in [5, 5.41) is 15.1. The first-order valence-corrected chi connectivity index (χ1v) is 11.6. The van der Waals surface area contributed by atoms with Gasteiger partial charge in [0.25, 0.3) is 11.5 Å². The number of nitrogens with one attached hydrogen (secondary N) is 2. The topological polar surface area (TPSA) is 111 Å². The summed E-state index contributed by atoms with van der Waals surface area (Å²) in [4.78, 5) is 34.9. The van der Waals surface area contributed by atoms with E-state index >= 15 is 0 Å². The Hall–Kier alpha value is -2.72. The van der Waals surface area contributed by atoms with Crippen LogP contribution in [0.2, 0.25) is 5.02 Å². The summed E-state index contributed by atoms with van der Waals surface area (Å²) >= 11 is 9.77. The fourth-order valence-corrected chi connectivity index (χ4v) is 4.67. The monoisotopic (exact) mass is 530 g/mol. The smallest absolute Gasteiger partial charge is 0.294 e. The highest BCUT2D eigenvalue weighted by Crippen LogP contribution is 2.28. The molecule has 1 amide bonds. The largest absolute Gasteiger partial charge is 0.449 e. The third-order valence-electron chi connectivity index (χ3n) is 5.81. The molecule has 33 heavy (non-hydrogen) atoms. The standard InChI is InChI=1S/C23H20BrClN4O4/c24-14-5-6-17-15(9-14)19-20(33-17)21(30)28-18(27-19)11-29(10-13-3-1-2-4-16(13)25)22(31)23(32)7-8-26-12-23/h1-6,9,26,32H,7-8,10-12H2,(H,27,28,30). The van der Waals surface area contributed by atoms with E-state index in [-0.39, 0.29) is 31.0 Å². The molecule has 3 N–H and O–H groups in total. The van der Waals surface area contributed by atoms with Gasteiger partial charge in [-0.1, -0.05) is 45.7 Å². The van der Waals surface area contributed by atoms with E-state index in [0.717, 1.165) is 10.0 Å². The third kappa shape index (κ3) is 4.17. The van der Waals surface area contributed by atoms with Crippen molar-refractivity contribution in [3.05, 3.63) is 73.7 Å². The highest BCUT2D eigenvalue weighted by Gasteiger charge is 2.42. The lowest BCUT2D eigenvalue weighted by atomic mass is 10.0. The van der Waals surface area contributed by atoms with E-state index in [1.165, 1.54) is 4.90 Å². The molecule has 4 aromatic rings. The summed E-state index contributed by atoms with van der Waals surface area (Å²) in [7, 11) is 0. The Morgan fingerprint density at radius 2 is 2.09 bits per heavy atom. The Kier molecular flexibility index (Phi) is 5.74. The molecule has 1 saturated heterocycles. The second kappa shape index (κ2) is 8.57. The van der Waals surface area contributed by atoms with E-state index in [0.29, 0.717) is 34.5 Å². The molecule has 5 rings (SSSR count). The van der Waals surface area contributed by atoms with Crippen LogP contribution in [0.5, 0.6) is 0 Å². The molecule has 170 valence electrons. The number of H-pyrrole nitrogens is 1. The number of hydrogen-bond donors (Lipinski definition) is 3. The number of aliphatic hydroxyl groups is 1. The van der Waals surface area contributed by atoms with Crippen molar-refractivity contribution >= 4 is 55.5 Å². The number of amides is 1. The van der Waals surface area contributed by atoms with Crippen LogP contribution >= 0.6 is 27.5 Å². The number of β-amino-alcohol motifs (C(OH)–C–C–N with tert-alkyl or cyclic N) is 1. The first-order valence-electron chi connectivity index (χ1n) is 10.4. The second-order valence-electron chi connectivity index (χ2n) is 8.14. The Labute approximate surface area is 201 Å². The minimum Gasteiger partial charge on any atom is -0.449 e. The minimum absolute atomic E-state index is 0.0157. The average molecular weight is 532 g/mol. The molecule has 2 aromatic carbocycles. The minimum atomic E-state index is -1.53. The van der Waals surface area contributed by atoms with Gasteiger partial charge in [-0.15, -0.1) is 0 Å². The highest BCUT2D eigenvalue weighted by atomic mass is 79.9. The molecule has 0 radical (unpaired) electrons. The van der Waals surface area contributed by atoms with Gasteiger partial charge in [0.15, 0.2) is 5.60 Å². The van der Waals surface area contributed by atoms with Crippen molar-refractivity contribution in [1.29, 1.82) is 0 Å². The molecule has 0 saturated carbocycles. The molecule has 3 heterocycles. The number of rotatable bonds is 5. The molecule has 1 aliphatic heterocycles. The number of aromatic nitrogens is 2. The molecule has 10 heteroatoms. The predicted octanol–water partition coefficient (Wildman–Crippen LogP) is 3.34. The van der Waals surface area contributed by atoms with Crippen LogP contribution < -0.4 is 10.9 Å². The Morgan fingerprint density at radius 1 is 1.27 bits per heavy atom. The normalized spacial score (nSPS) is 18.3. The van der Waals surface area contributed by atoms with Gasteiger partial charge in [-0.2, -0.15) is 0 Å². The lowest BCUT2D eigenvalue weighted by molar-refractivity contribution is -0.150. The van der Waals surface area contributed by atoms with Crippen LogP contribution in [-0.4, -0.2) is 44.6 Å². The summed E-state index contributed by atoms with van der Waals surface area (Å²) in [6, 6.07) is 12.6. The lowest BCUT2D eigenvalue weighted by Gasteiger charge is -2.30. The quantitative estimate of drug-likeness (QED) is 0.364. The van der Waals surface area contributed by atoms with Crippen LogP contribution in [0.3, 0.4) is 0 Å². The SMILES string of the molecule is O=C(N(Cc1nc2c(oc3ccc(Br)cc32)c(=O)[nH]1)Cc1ccccc1Cl)C1(O)CCNC1. The molecule has 0 spiro atoms. The van der Waals surface area contributed by atoms with Crippen LogP contribution in [-0.2, 0) is 17.9 Å². The van der Waals surface area contributed by atoms with E-state index in [1.807, 2.05) is 30.3 Å². The Bertz CT molecular complexity index is 1430. The van der Waals surface area contributed by atoms with Gasteiger partial charge in [-0.25, -0.2) is 4.98 Å². The first kappa shape index (κ1) is 22.1. The Morgan fingerprint density at radius 3 is 2.85 bits per heavy atom. The zero-order chi connectivity index (χ0) is 23.2. The number of carbonyl (C=O) groups excluding carboxylic acids is 1. The maximum atomic E-state index is 13.4. The first-order chi connectivity index (χ1) is 15.8. The van der Waals surface area contributed by atoms with Crippen LogP contribution in [0.1, 0.15) is 17.8 Å². The van der Waals surface area contributed by atoms with Crippen LogP contribution in [0, 0.1) is 0 Å². The summed E-state index contributed by atoms with van der Waals surface area (Å²) in [5.41, 5.74) is -0.166. The van der Waals surface area contributed by atoms with E-state index in [9.17, 15) is 14.7 Å². The van der Waals surface area contributed by atoms with Gasteiger partial charge in [0.1, 0.15) is 16.9 Å². The summed E-state index contributed by atoms with van der Waals surface area (Å²) in [6.07, 6.45) is 0.300. The molecule has 0 aliphatic carbocycles. The number of furan rings is 1. The van der Waals surface area contributed by atoms with E-state index in [2.05, 4.69) is 31.2 Å². The van der Waals surface area contributed by atoms with Gasteiger partial charge in [0.2, 0.25) is 5.58 Å². The van der Waals surface area contributed by atoms with Crippen molar-refractivity contribution in [1.82, 2.24) is 20.2 Å². The molecule has 8 nitrogen and oxygen atoms in total.